The van der Waals surface area contributed by atoms with E-state index in [0.717, 1.165) is 16.6 Å². The van der Waals surface area contributed by atoms with Crippen molar-refractivity contribution in [2.24, 2.45) is 0 Å². The van der Waals surface area contributed by atoms with Gasteiger partial charge in [-0.3, -0.25) is 4.98 Å². The van der Waals surface area contributed by atoms with E-state index in [0.29, 0.717) is 5.69 Å². The molecule has 5 heteroatoms. The molecular weight excluding hydrogens is 209 g/mol. The SMILES string of the molecule is Cc1cnc2c(N)c[nH]c2c1.Cl.Cl. The minimum Gasteiger partial charge on any atom is -0.396 e. The number of rotatable bonds is 0. The number of nitrogen functional groups attached to an aromatic ring is 1. The summed E-state index contributed by atoms with van der Waals surface area (Å²) >= 11 is 0. The van der Waals surface area contributed by atoms with Crippen molar-refractivity contribution in [2.75, 3.05) is 5.73 Å². The Kier molecular flexibility index (Phi) is 4.04. The van der Waals surface area contributed by atoms with Gasteiger partial charge in [-0.05, 0) is 18.6 Å². The van der Waals surface area contributed by atoms with Gasteiger partial charge in [-0.25, -0.2) is 0 Å². The Morgan fingerprint density at radius 3 is 2.77 bits per heavy atom. The highest BCUT2D eigenvalue weighted by Gasteiger charge is 1.99. The van der Waals surface area contributed by atoms with Crippen molar-refractivity contribution in [1.82, 2.24) is 9.97 Å². The fourth-order valence-electron chi connectivity index (χ4n) is 1.13. The van der Waals surface area contributed by atoms with Crippen molar-refractivity contribution in [2.45, 2.75) is 6.92 Å². The minimum absolute atomic E-state index is 0. The van der Waals surface area contributed by atoms with Crippen LogP contribution in [0.4, 0.5) is 5.69 Å². The summed E-state index contributed by atoms with van der Waals surface area (Å²) in [5.41, 5.74) is 9.34. The molecule has 0 saturated heterocycles. The lowest BCUT2D eigenvalue weighted by Crippen LogP contribution is -1.83. The summed E-state index contributed by atoms with van der Waals surface area (Å²) in [6, 6.07) is 2.03. The van der Waals surface area contributed by atoms with E-state index in [1.807, 2.05) is 19.2 Å². The predicted molar refractivity (Wildman–Crippen MR) is 59.7 cm³/mol. The first kappa shape index (κ1) is 12.1. The van der Waals surface area contributed by atoms with Crippen molar-refractivity contribution in [3.05, 3.63) is 24.0 Å². The fourth-order valence-corrected chi connectivity index (χ4v) is 1.13. The molecular formula is C8H11Cl2N3. The van der Waals surface area contributed by atoms with Crippen LogP contribution >= 0.6 is 24.8 Å². The number of aryl methyl sites for hydroxylation is 1. The summed E-state index contributed by atoms with van der Waals surface area (Å²) in [7, 11) is 0. The molecule has 0 radical (unpaired) electrons. The zero-order chi connectivity index (χ0) is 7.84. The maximum atomic E-state index is 5.63. The summed E-state index contributed by atoms with van der Waals surface area (Å²) in [4.78, 5) is 7.23. The van der Waals surface area contributed by atoms with E-state index in [1.54, 1.807) is 6.20 Å². The molecule has 3 nitrogen and oxygen atoms in total. The van der Waals surface area contributed by atoms with Gasteiger partial charge in [0.05, 0.1) is 11.2 Å². The van der Waals surface area contributed by atoms with Crippen LogP contribution in [-0.4, -0.2) is 9.97 Å². The van der Waals surface area contributed by atoms with Crippen molar-refractivity contribution in [3.63, 3.8) is 0 Å². The molecule has 2 rings (SSSR count). The number of aromatic amines is 1. The van der Waals surface area contributed by atoms with Crippen molar-refractivity contribution < 1.29 is 0 Å². The third-order valence-electron chi connectivity index (χ3n) is 1.68. The zero-order valence-electron chi connectivity index (χ0n) is 7.07. The van der Waals surface area contributed by atoms with Gasteiger partial charge in [0.15, 0.2) is 0 Å². The maximum Gasteiger partial charge on any atom is 0.111 e. The summed E-state index contributed by atoms with van der Waals surface area (Å²) < 4.78 is 0. The van der Waals surface area contributed by atoms with Crippen molar-refractivity contribution in [3.8, 4) is 0 Å². The average Bonchev–Trinajstić information content (AvgIpc) is 2.32. The highest BCUT2D eigenvalue weighted by molar-refractivity contribution is 5.87. The Hall–Kier alpha value is -0.930. The molecule has 0 bridgehead atoms. The number of aromatic nitrogens is 2. The standard InChI is InChI=1S/C8H9N3.2ClH/c1-5-2-7-8(11-3-5)6(9)4-10-7;;/h2-4,10H,9H2,1H3;2*1H. The van der Waals surface area contributed by atoms with Gasteiger partial charge >= 0.3 is 0 Å². The van der Waals surface area contributed by atoms with E-state index in [1.165, 1.54) is 0 Å². The van der Waals surface area contributed by atoms with Crippen LogP contribution in [0.3, 0.4) is 0 Å². The van der Waals surface area contributed by atoms with E-state index in [2.05, 4.69) is 9.97 Å². The third-order valence-corrected chi connectivity index (χ3v) is 1.68. The molecule has 0 spiro atoms. The van der Waals surface area contributed by atoms with E-state index < -0.39 is 0 Å². The highest BCUT2D eigenvalue weighted by atomic mass is 35.5. The molecule has 72 valence electrons. The number of hydrogen-bond acceptors (Lipinski definition) is 2. The largest absolute Gasteiger partial charge is 0.396 e. The van der Waals surface area contributed by atoms with Crippen LogP contribution in [-0.2, 0) is 0 Å². The Morgan fingerprint density at radius 2 is 2.08 bits per heavy atom. The first-order valence-corrected chi connectivity index (χ1v) is 3.46. The van der Waals surface area contributed by atoms with Gasteiger partial charge in [0, 0.05) is 12.4 Å². The van der Waals surface area contributed by atoms with E-state index >= 15 is 0 Å². The van der Waals surface area contributed by atoms with Crippen LogP contribution in [0.15, 0.2) is 18.5 Å². The number of H-pyrrole nitrogens is 1. The van der Waals surface area contributed by atoms with Crippen LogP contribution in [0, 0.1) is 6.92 Å². The van der Waals surface area contributed by atoms with Crippen LogP contribution in [0.2, 0.25) is 0 Å². The van der Waals surface area contributed by atoms with Gasteiger partial charge in [0.1, 0.15) is 5.52 Å². The molecule has 0 saturated carbocycles. The first-order chi connectivity index (χ1) is 5.27. The lowest BCUT2D eigenvalue weighted by Gasteiger charge is -1.91. The number of pyridine rings is 1. The molecule has 2 aromatic rings. The highest BCUT2D eigenvalue weighted by Crippen LogP contribution is 2.17. The molecule has 0 aliphatic heterocycles. The molecule has 0 aromatic carbocycles. The second-order valence-electron chi connectivity index (χ2n) is 2.65. The summed E-state index contributed by atoms with van der Waals surface area (Å²) in [5.74, 6) is 0. The molecule has 0 aliphatic carbocycles. The van der Waals surface area contributed by atoms with E-state index in [4.69, 9.17) is 5.73 Å². The normalized spacial score (nSPS) is 9.00. The average molecular weight is 220 g/mol. The lowest BCUT2D eigenvalue weighted by molar-refractivity contribution is 1.33. The smallest absolute Gasteiger partial charge is 0.111 e. The molecule has 3 N–H and O–H groups in total. The van der Waals surface area contributed by atoms with Crippen LogP contribution in [0.5, 0.6) is 0 Å². The summed E-state index contributed by atoms with van der Waals surface area (Å²) in [6.07, 6.45) is 3.57. The molecule has 0 aliphatic rings. The topological polar surface area (TPSA) is 54.7 Å². The van der Waals surface area contributed by atoms with Crippen LogP contribution < -0.4 is 5.73 Å². The Bertz CT molecular complexity index is 397. The van der Waals surface area contributed by atoms with Crippen LogP contribution in [0.25, 0.3) is 11.0 Å². The number of fused-ring (bicyclic) bond motifs is 1. The molecule has 2 heterocycles. The zero-order valence-corrected chi connectivity index (χ0v) is 8.71. The number of hydrogen-bond donors (Lipinski definition) is 2. The van der Waals surface area contributed by atoms with Gasteiger partial charge in [0.2, 0.25) is 0 Å². The minimum atomic E-state index is 0. The molecule has 2 aromatic heterocycles. The monoisotopic (exact) mass is 219 g/mol. The fraction of sp³-hybridized carbons (Fsp3) is 0.125. The van der Waals surface area contributed by atoms with E-state index in [-0.39, 0.29) is 24.8 Å². The summed E-state index contributed by atoms with van der Waals surface area (Å²) in [5, 5.41) is 0. The quantitative estimate of drug-likeness (QED) is 0.715. The summed E-state index contributed by atoms with van der Waals surface area (Å²) in [6.45, 7) is 2.00. The van der Waals surface area contributed by atoms with Crippen molar-refractivity contribution >= 4 is 41.5 Å². The molecule has 0 fully saturated rings. The number of halogens is 2. The van der Waals surface area contributed by atoms with Crippen molar-refractivity contribution in [1.29, 1.82) is 0 Å². The molecule has 0 unspecified atom stereocenters. The predicted octanol–water partition coefficient (Wildman–Crippen LogP) is 2.30. The maximum absolute atomic E-state index is 5.63. The second kappa shape index (κ2) is 4.35. The number of anilines is 1. The molecule has 0 atom stereocenters. The Morgan fingerprint density at radius 1 is 1.38 bits per heavy atom. The number of nitrogens with one attached hydrogen (secondary N) is 1. The van der Waals surface area contributed by atoms with Gasteiger partial charge in [0.25, 0.3) is 0 Å². The third kappa shape index (κ3) is 2.05. The second-order valence-corrected chi connectivity index (χ2v) is 2.65. The number of nitrogens with zero attached hydrogens (tertiary/aromatic N) is 1. The van der Waals surface area contributed by atoms with Crippen LogP contribution in [0.1, 0.15) is 5.56 Å². The Labute approximate surface area is 88.6 Å². The van der Waals surface area contributed by atoms with Gasteiger partial charge in [-0.1, -0.05) is 0 Å². The van der Waals surface area contributed by atoms with Gasteiger partial charge < -0.3 is 10.7 Å². The van der Waals surface area contributed by atoms with Gasteiger partial charge in [-0.15, -0.1) is 24.8 Å². The first-order valence-electron chi connectivity index (χ1n) is 3.46. The lowest BCUT2D eigenvalue weighted by atomic mass is 10.3. The van der Waals surface area contributed by atoms with Gasteiger partial charge in [-0.2, -0.15) is 0 Å². The molecule has 13 heavy (non-hydrogen) atoms. The molecule has 0 amide bonds. The Balaban J connectivity index is 0.000000720. The van der Waals surface area contributed by atoms with E-state index in [9.17, 15) is 0 Å². The number of nitrogens with two attached hydrogens (primary N) is 1.